The number of urea groups is 1. The van der Waals surface area contributed by atoms with Gasteiger partial charge in [0, 0.05) is 37.4 Å². The standard InChI is InChI=1S/C18H21N3O2/c22-14-18(16-6-2-1-3-7-16)8-10-21(13-18)17(23)20-12-15-5-4-9-19-11-15/h1-7,9,11,22H,8,10,12-14H2,(H,20,23). The van der Waals surface area contributed by atoms with Crippen molar-refractivity contribution >= 4 is 6.03 Å². The smallest absolute Gasteiger partial charge is 0.317 e. The van der Waals surface area contributed by atoms with Crippen LogP contribution in [0.5, 0.6) is 0 Å². The average Bonchev–Trinajstić information content (AvgIpc) is 3.07. The van der Waals surface area contributed by atoms with E-state index in [1.807, 2.05) is 42.5 Å². The van der Waals surface area contributed by atoms with Crippen molar-refractivity contribution in [2.24, 2.45) is 0 Å². The van der Waals surface area contributed by atoms with E-state index in [0.717, 1.165) is 17.5 Å². The fraction of sp³-hybridized carbons (Fsp3) is 0.333. The van der Waals surface area contributed by atoms with Crippen LogP contribution in [0.2, 0.25) is 0 Å². The summed E-state index contributed by atoms with van der Waals surface area (Å²) in [4.78, 5) is 18.2. The molecule has 0 radical (unpaired) electrons. The molecule has 5 heteroatoms. The molecular weight excluding hydrogens is 290 g/mol. The molecule has 2 heterocycles. The molecule has 1 atom stereocenters. The third kappa shape index (κ3) is 3.35. The summed E-state index contributed by atoms with van der Waals surface area (Å²) >= 11 is 0. The van der Waals surface area contributed by atoms with E-state index in [2.05, 4.69) is 10.3 Å². The van der Waals surface area contributed by atoms with Crippen molar-refractivity contribution in [2.75, 3.05) is 19.7 Å². The number of hydrogen-bond acceptors (Lipinski definition) is 3. The molecule has 3 rings (SSSR count). The van der Waals surface area contributed by atoms with Crippen LogP contribution in [0.25, 0.3) is 0 Å². The number of pyridine rings is 1. The van der Waals surface area contributed by atoms with E-state index in [1.54, 1.807) is 17.3 Å². The molecule has 23 heavy (non-hydrogen) atoms. The third-order valence-electron chi connectivity index (χ3n) is 4.50. The molecule has 2 amide bonds. The second-order valence-electron chi connectivity index (χ2n) is 6.00. The summed E-state index contributed by atoms with van der Waals surface area (Å²) in [6.45, 7) is 1.69. The summed E-state index contributed by atoms with van der Waals surface area (Å²) in [5, 5.41) is 12.8. The molecule has 1 aromatic carbocycles. The Morgan fingerprint density at radius 2 is 2.09 bits per heavy atom. The normalized spacial score (nSPS) is 20.5. The van der Waals surface area contributed by atoms with Gasteiger partial charge in [0.05, 0.1) is 6.61 Å². The third-order valence-corrected chi connectivity index (χ3v) is 4.50. The Bertz CT molecular complexity index is 648. The molecule has 2 N–H and O–H groups in total. The summed E-state index contributed by atoms with van der Waals surface area (Å²) in [6.07, 6.45) is 4.22. The van der Waals surface area contributed by atoms with Crippen molar-refractivity contribution in [1.82, 2.24) is 15.2 Å². The Morgan fingerprint density at radius 1 is 1.26 bits per heavy atom. The van der Waals surface area contributed by atoms with Crippen molar-refractivity contribution in [1.29, 1.82) is 0 Å². The van der Waals surface area contributed by atoms with E-state index in [-0.39, 0.29) is 18.1 Å². The predicted molar refractivity (Wildman–Crippen MR) is 87.9 cm³/mol. The molecule has 120 valence electrons. The number of benzene rings is 1. The van der Waals surface area contributed by atoms with Crippen LogP contribution in [0.4, 0.5) is 4.79 Å². The molecule has 0 saturated carbocycles. The number of carbonyl (C=O) groups is 1. The van der Waals surface area contributed by atoms with Gasteiger partial charge in [-0.05, 0) is 23.6 Å². The highest BCUT2D eigenvalue weighted by Crippen LogP contribution is 2.34. The van der Waals surface area contributed by atoms with E-state index in [9.17, 15) is 9.90 Å². The molecule has 1 aliphatic heterocycles. The fourth-order valence-corrected chi connectivity index (χ4v) is 3.09. The van der Waals surface area contributed by atoms with Crippen LogP contribution in [-0.2, 0) is 12.0 Å². The maximum absolute atomic E-state index is 12.4. The van der Waals surface area contributed by atoms with E-state index in [4.69, 9.17) is 0 Å². The van der Waals surface area contributed by atoms with Gasteiger partial charge in [-0.3, -0.25) is 4.98 Å². The molecule has 1 fully saturated rings. The molecular formula is C18H21N3O2. The van der Waals surface area contributed by atoms with Gasteiger partial charge in [-0.1, -0.05) is 36.4 Å². The lowest BCUT2D eigenvalue weighted by Crippen LogP contribution is -2.41. The van der Waals surface area contributed by atoms with Crippen molar-refractivity contribution in [3.05, 3.63) is 66.0 Å². The van der Waals surface area contributed by atoms with Gasteiger partial charge in [0.15, 0.2) is 0 Å². The fourth-order valence-electron chi connectivity index (χ4n) is 3.09. The van der Waals surface area contributed by atoms with E-state index in [1.165, 1.54) is 0 Å². The van der Waals surface area contributed by atoms with Gasteiger partial charge in [-0.25, -0.2) is 4.79 Å². The van der Waals surface area contributed by atoms with Crippen molar-refractivity contribution < 1.29 is 9.90 Å². The maximum atomic E-state index is 12.4. The highest BCUT2D eigenvalue weighted by molar-refractivity contribution is 5.74. The lowest BCUT2D eigenvalue weighted by atomic mass is 9.80. The quantitative estimate of drug-likeness (QED) is 0.907. The van der Waals surface area contributed by atoms with Crippen molar-refractivity contribution in [3.8, 4) is 0 Å². The van der Waals surface area contributed by atoms with Gasteiger partial charge in [0.2, 0.25) is 0 Å². The van der Waals surface area contributed by atoms with Gasteiger partial charge in [0.25, 0.3) is 0 Å². The highest BCUT2D eigenvalue weighted by atomic mass is 16.3. The first kappa shape index (κ1) is 15.5. The lowest BCUT2D eigenvalue weighted by molar-refractivity contribution is 0.182. The van der Waals surface area contributed by atoms with Gasteiger partial charge in [0.1, 0.15) is 0 Å². The van der Waals surface area contributed by atoms with Gasteiger partial charge >= 0.3 is 6.03 Å². The number of carbonyl (C=O) groups excluding carboxylic acids is 1. The Kier molecular flexibility index (Phi) is 4.57. The zero-order valence-electron chi connectivity index (χ0n) is 13.0. The largest absolute Gasteiger partial charge is 0.395 e. The van der Waals surface area contributed by atoms with Crippen LogP contribution < -0.4 is 5.32 Å². The first-order chi connectivity index (χ1) is 11.2. The number of hydrogen-bond donors (Lipinski definition) is 2. The number of nitrogens with zero attached hydrogens (tertiary/aromatic N) is 2. The van der Waals surface area contributed by atoms with Crippen LogP contribution >= 0.6 is 0 Å². The first-order valence-corrected chi connectivity index (χ1v) is 7.82. The minimum atomic E-state index is -0.354. The molecule has 0 bridgehead atoms. The van der Waals surface area contributed by atoms with Gasteiger partial charge in [-0.15, -0.1) is 0 Å². The maximum Gasteiger partial charge on any atom is 0.317 e. The highest BCUT2D eigenvalue weighted by Gasteiger charge is 2.40. The molecule has 0 spiro atoms. The lowest BCUT2D eigenvalue weighted by Gasteiger charge is -2.27. The molecule has 0 aliphatic carbocycles. The van der Waals surface area contributed by atoms with Crippen LogP contribution in [-0.4, -0.2) is 40.7 Å². The number of likely N-dealkylation sites (tertiary alicyclic amines) is 1. The minimum Gasteiger partial charge on any atom is -0.395 e. The molecule has 1 unspecified atom stereocenters. The number of aliphatic hydroxyl groups is 1. The van der Waals surface area contributed by atoms with E-state index >= 15 is 0 Å². The second kappa shape index (κ2) is 6.79. The van der Waals surface area contributed by atoms with E-state index in [0.29, 0.717) is 19.6 Å². The minimum absolute atomic E-state index is 0.0450. The molecule has 5 nitrogen and oxygen atoms in total. The Labute approximate surface area is 136 Å². The molecule has 1 aromatic heterocycles. The zero-order chi connectivity index (χ0) is 16.1. The van der Waals surface area contributed by atoms with Crippen molar-refractivity contribution in [3.63, 3.8) is 0 Å². The zero-order valence-corrected chi connectivity index (χ0v) is 13.0. The average molecular weight is 311 g/mol. The Morgan fingerprint density at radius 3 is 2.78 bits per heavy atom. The molecule has 2 aromatic rings. The first-order valence-electron chi connectivity index (χ1n) is 7.82. The van der Waals surface area contributed by atoms with Gasteiger partial charge in [-0.2, -0.15) is 0 Å². The SMILES string of the molecule is O=C(NCc1cccnc1)N1CCC(CO)(c2ccccc2)C1. The number of aliphatic hydroxyl groups excluding tert-OH is 1. The van der Waals surface area contributed by atoms with Crippen LogP contribution in [0.15, 0.2) is 54.9 Å². The summed E-state index contributed by atoms with van der Waals surface area (Å²) in [7, 11) is 0. The summed E-state index contributed by atoms with van der Waals surface area (Å²) in [6, 6.07) is 13.6. The summed E-state index contributed by atoms with van der Waals surface area (Å²) in [5.74, 6) is 0. The predicted octanol–water partition coefficient (Wildman–Crippen LogP) is 1.93. The number of aromatic nitrogens is 1. The van der Waals surface area contributed by atoms with E-state index < -0.39 is 0 Å². The molecule has 1 aliphatic rings. The Hall–Kier alpha value is -2.40. The monoisotopic (exact) mass is 311 g/mol. The number of rotatable bonds is 4. The number of amides is 2. The topological polar surface area (TPSA) is 65.5 Å². The number of nitrogens with one attached hydrogen (secondary N) is 1. The van der Waals surface area contributed by atoms with Gasteiger partial charge < -0.3 is 15.3 Å². The summed E-state index contributed by atoms with van der Waals surface area (Å²) in [5.41, 5.74) is 1.70. The van der Waals surface area contributed by atoms with Crippen LogP contribution in [0, 0.1) is 0 Å². The molecule has 1 saturated heterocycles. The van der Waals surface area contributed by atoms with Crippen LogP contribution in [0.1, 0.15) is 17.5 Å². The second-order valence-corrected chi connectivity index (χ2v) is 6.00. The van der Waals surface area contributed by atoms with Crippen molar-refractivity contribution in [2.45, 2.75) is 18.4 Å². The Balaban J connectivity index is 1.63. The summed E-state index contributed by atoms with van der Waals surface area (Å²) < 4.78 is 0. The van der Waals surface area contributed by atoms with Crippen LogP contribution in [0.3, 0.4) is 0 Å².